The Hall–Kier alpha value is -1.55. The molecule has 1 atom stereocenters. The minimum Gasteiger partial charge on any atom is -0.481 e. The van der Waals surface area contributed by atoms with Crippen molar-refractivity contribution in [2.75, 3.05) is 19.3 Å². The van der Waals surface area contributed by atoms with Gasteiger partial charge in [0.15, 0.2) is 0 Å². The Balaban J connectivity index is 2.79. The zero-order valence-electron chi connectivity index (χ0n) is 11.5. The number of rotatable bonds is 5. The Kier molecular flexibility index (Phi) is 4.35. The molecule has 0 bridgehead atoms. The highest BCUT2D eigenvalue weighted by atomic mass is 16.4. The van der Waals surface area contributed by atoms with Gasteiger partial charge in [-0.1, -0.05) is 12.1 Å². The number of nitrogen functional groups attached to an aromatic ring is 1. The van der Waals surface area contributed by atoms with E-state index >= 15 is 0 Å². The van der Waals surface area contributed by atoms with Crippen molar-refractivity contribution < 1.29 is 9.90 Å². The average molecular weight is 250 g/mol. The van der Waals surface area contributed by atoms with Crippen molar-refractivity contribution in [2.45, 2.75) is 26.8 Å². The lowest BCUT2D eigenvalue weighted by molar-refractivity contribution is -0.148. The van der Waals surface area contributed by atoms with E-state index in [0.29, 0.717) is 6.54 Å². The van der Waals surface area contributed by atoms with Crippen LogP contribution in [0.2, 0.25) is 0 Å². The standard InChI is InChI=1S/C14H22N2O2/c1-10(11-6-5-7-12(15)8-11)16(4)9-14(2,3)13(17)18/h5-8,10H,9,15H2,1-4H3,(H,17,18). The van der Waals surface area contributed by atoms with Crippen molar-refractivity contribution >= 4 is 11.7 Å². The summed E-state index contributed by atoms with van der Waals surface area (Å²) in [5.41, 5.74) is 6.82. The molecule has 0 amide bonds. The van der Waals surface area contributed by atoms with Gasteiger partial charge in [-0.3, -0.25) is 9.69 Å². The number of carbonyl (C=O) groups is 1. The number of anilines is 1. The Labute approximate surface area is 108 Å². The molecule has 1 aromatic carbocycles. The molecule has 18 heavy (non-hydrogen) atoms. The molecule has 0 aliphatic heterocycles. The minimum atomic E-state index is -0.783. The third-order valence-electron chi connectivity index (χ3n) is 3.28. The van der Waals surface area contributed by atoms with E-state index in [0.717, 1.165) is 11.3 Å². The summed E-state index contributed by atoms with van der Waals surface area (Å²) in [6.45, 7) is 6.00. The van der Waals surface area contributed by atoms with Crippen molar-refractivity contribution in [3.05, 3.63) is 29.8 Å². The fourth-order valence-corrected chi connectivity index (χ4v) is 1.90. The first kappa shape index (κ1) is 14.5. The van der Waals surface area contributed by atoms with Gasteiger partial charge >= 0.3 is 5.97 Å². The van der Waals surface area contributed by atoms with E-state index in [2.05, 4.69) is 0 Å². The van der Waals surface area contributed by atoms with Crippen LogP contribution in [0.15, 0.2) is 24.3 Å². The molecule has 4 heteroatoms. The topological polar surface area (TPSA) is 66.6 Å². The van der Waals surface area contributed by atoms with Gasteiger partial charge in [-0.05, 0) is 45.5 Å². The van der Waals surface area contributed by atoms with Crippen LogP contribution in [-0.2, 0) is 4.79 Å². The maximum absolute atomic E-state index is 11.1. The van der Waals surface area contributed by atoms with E-state index in [-0.39, 0.29) is 6.04 Å². The number of hydrogen-bond donors (Lipinski definition) is 2. The normalized spacial score (nSPS) is 13.6. The van der Waals surface area contributed by atoms with E-state index in [9.17, 15) is 4.79 Å². The van der Waals surface area contributed by atoms with Gasteiger partial charge in [0.2, 0.25) is 0 Å². The molecule has 0 radical (unpaired) electrons. The summed E-state index contributed by atoms with van der Waals surface area (Å²) in [6.07, 6.45) is 0. The largest absolute Gasteiger partial charge is 0.481 e. The molecular formula is C14H22N2O2. The molecule has 0 heterocycles. The summed E-state index contributed by atoms with van der Waals surface area (Å²) in [7, 11) is 1.93. The molecule has 0 saturated heterocycles. The fraction of sp³-hybridized carbons (Fsp3) is 0.500. The smallest absolute Gasteiger partial charge is 0.310 e. The van der Waals surface area contributed by atoms with Gasteiger partial charge in [0.1, 0.15) is 0 Å². The first-order valence-corrected chi connectivity index (χ1v) is 6.03. The number of hydrogen-bond acceptors (Lipinski definition) is 3. The lowest BCUT2D eigenvalue weighted by atomic mass is 9.92. The third-order valence-corrected chi connectivity index (χ3v) is 3.28. The van der Waals surface area contributed by atoms with E-state index in [1.165, 1.54) is 0 Å². The minimum absolute atomic E-state index is 0.132. The van der Waals surface area contributed by atoms with Crippen LogP contribution in [0.25, 0.3) is 0 Å². The highest BCUT2D eigenvalue weighted by molar-refractivity contribution is 5.73. The molecule has 0 aliphatic rings. The maximum atomic E-state index is 11.1. The number of nitrogens with zero attached hydrogens (tertiary/aromatic N) is 1. The van der Waals surface area contributed by atoms with Crippen LogP contribution < -0.4 is 5.73 Å². The number of nitrogens with two attached hydrogens (primary N) is 1. The Morgan fingerprint density at radius 2 is 2.11 bits per heavy atom. The van der Waals surface area contributed by atoms with Gasteiger partial charge in [-0.15, -0.1) is 0 Å². The van der Waals surface area contributed by atoms with E-state index in [1.54, 1.807) is 13.8 Å². The summed E-state index contributed by atoms with van der Waals surface area (Å²) in [5, 5.41) is 9.14. The van der Waals surface area contributed by atoms with E-state index in [4.69, 9.17) is 10.8 Å². The number of benzene rings is 1. The highest BCUT2D eigenvalue weighted by Crippen LogP contribution is 2.25. The lowest BCUT2D eigenvalue weighted by Crippen LogP contribution is -2.38. The molecule has 0 aromatic heterocycles. The molecule has 0 spiro atoms. The summed E-state index contributed by atoms with van der Waals surface area (Å²) >= 11 is 0. The van der Waals surface area contributed by atoms with Crippen LogP contribution in [0.4, 0.5) is 5.69 Å². The molecule has 0 saturated carbocycles. The predicted molar refractivity (Wildman–Crippen MR) is 73.3 cm³/mol. The van der Waals surface area contributed by atoms with Crippen molar-refractivity contribution in [3.63, 3.8) is 0 Å². The molecule has 1 unspecified atom stereocenters. The molecule has 4 nitrogen and oxygen atoms in total. The van der Waals surface area contributed by atoms with Gasteiger partial charge < -0.3 is 10.8 Å². The summed E-state index contributed by atoms with van der Waals surface area (Å²) in [4.78, 5) is 13.2. The van der Waals surface area contributed by atoms with Crippen LogP contribution in [0.3, 0.4) is 0 Å². The first-order valence-electron chi connectivity index (χ1n) is 6.03. The first-order chi connectivity index (χ1) is 8.24. The second-order valence-corrected chi connectivity index (χ2v) is 5.45. The SMILES string of the molecule is CC(c1cccc(N)c1)N(C)CC(C)(C)C(=O)O. The van der Waals surface area contributed by atoms with Crippen LogP contribution in [0, 0.1) is 5.41 Å². The zero-order chi connectivity index (χ0) is 13.9. The number of carboxylic acid groups (broad SMARTS) is 1. The fourth-order valence-electron chi connectivity index (χ4n) is 1.90. The Morgan fingerprint density at radius 1 is 1.50 bits per heavy atom. The molecule has 1 aromatic rings. The van der Waals surface area contributed by atoms with Gasteiger partial charge in [-0.25, -0.2) is 0 Å². The third kappa shape index (κ3) is 3.47. The van der Waals surface area contributed by atoms with Crippen LogP contribution >= 0.6 is 0 Å². The molecular weight excluding hydrogens is 228 g/mol. The van der Waals surface area contributed by atoms with E-state index < -0.39 is 11.4 Å². The molecule has 100 valence electrons. The van der Waals surface area contributed by atoms with E-state index in [1.807, 2.05) is 43.1 Å². The number of carboxylic acids is 1. The summed E-state index contributed by atoms with van der Waals surface area (Å²) in [5.74, 6) is -0.783. The quantitative estimate of drug-likeness (QED) is 0.787. The summed E-state index contributed by atoms with van der Waals surface area (Å²) < 4.78 is 0. The van der Waals surface area contributed by atoms with Crippen LogP contribution in [-0.4, -0.2) is 29.6 Å². The van der Waals surface area contributed by atoms with Gasteiger partial charge in [0.05, 0.1) is 5.41 Å². The van der Waals surface area contributed by atoms with Gasteiger partial charge in [0.25, 0.3) is 0 Å². The second-order valence-electron chi connectivity index (χ2n) is 5.45. The molecule has 0 aliphatic carbocycles. The lowest BCUT2D eigenvalue weighted by Gasteiger charge is -2.31. The maximum Gasteiger partial charge on any atom is 0.310 e. The molecule has 1 rings (SSSR count). The molecule has 0 fully saturated rings. The average Bonchev–Trinajstić information content (AvgIpc) is 2.27. The second kappa shape index (κ2) is 5.40. The predicted octanol–water partition coefficient (Wildman–Crippen LogP) is 2.37. The Bertz CT molecular complexity index is 430. The number of aliphatic carboxylic acids is 1. The van der Waals surface area contributed by atoms with Gasteiger partial charge in [0, 0.05) is 18.3 Å². The summed E-state index contributed by atoms with van der Waals surface area (Å²) in [6, 6.07) is 7.82. The van der Waals surface area contributed by atoms with Crippen LogP contribution in [0.5, 0.6) is 0 Å². The Morgan fingerprint density at radius 3 is 2.61 bits per heavy atom. The van der Waals surface area contributed by atoms with Crippen molar-refractivity contribution in [3.8, 4) is 0 Å². The van der Waals surface area contributed by atoms with Crippen LogP contribution in [0.1, 0.15) is 32.4 Å². The van der Waals surface area contributed by atoms with Gasteiger partial charge in [-0.2, -0.15) is 0 Å². The molecule has 3 N–H and O–H groups in total. The monoisotopic (exact) mass is 250 g/mol. The van der Waals surface area contributed by atoms with Crippen molar-refractivity contribution in [2.24, 2.45) is 5.41 Å². The van der Waals surface area contributed by atoms with Crippen molar-refractivity contribution in [1.29, 1.82) is 0 Å². The zero-order valence-corrected chi connectivity index (χ0v) is 11.5. The highest BCUT2D eigenvalue weighted by Gasteiger charge is 2.30. The van der Waals surface area contributed by atoms with Crippen molar-refractivity contribution in [1.82, 2.24) is 4.90 Å².